The molecule has 1 N–H and O–H groups in total. The predicted molar refractivity (Wildman–Crippen MR) is 143 cm³/mol. The third-order valence-electron chi connectivity index (χ3n) is 6.65. The fourth-order valence-electron chi connectivity index (χ4n) is 4.61. The maximum atomic E-state index is 13.4. The van der Waals surface area contributed by atoms with Crippen molar-refractivity contribution in [2.45, 2.75) is 38.6 Å². The number of hydrogen-bond acceptors (Lipinski definition) is 2. The second kappa shape index (κ2) is 11.3. The molecule has 0 bridgehead atoms. The number of piperidine rings is 1. The van der Waals surface area contributed by atoms with Crippen LogP contribution in [0, 0.1) is 5.92 Å². The molecule has 0 spiro atoms. The molecule has 6 heteroatoms. The van der Waals surface area contributed by atoms with Crippen LogP contribution in [0.3, 0.4) is 0 Å². The largest absolute Gasteiger partial charge is 0.341 e. The lowest BCUT2D eigenvalue weighted by molar-refractivity contribution is -0.135. The lowest BCUT2D eigenvalue weighted by Crippen LogP contribution is -2.52. The minimum Gasteiger partial charge on any atom is -0.341 e. The van der Waals surface area contributed by atoms with E-state index in [1.165, 1.54) is 5.56 Å². The molecule has 3 aromatic rings. The molecule has 1 fully saturated rings. The van der Waals surface area contributed by atoms with Gasteiger partial charge in [0.2, 0.25) is 5.91 Å². The van der Waals surface area contributed by atoms with Crippen molar-refractivity contribution in [2.75, 3.05) is 13.1 Å². The molecule has 0 aromatic heterocycles. The number of halogens is 2. The van der Waals surface area contributed by atoms with Gasteiger partial charge in [0.05, 0.1) is 0 Å². The van der Waals surface area contributed by atoms with Crippen LogP contribution < -0.4 is 5.32 Å². The lowest BCUT2D eigenvalue weighted by atomic mass is 9.89. The van der Waals surface area contributed by atoms with Gasteiger partial charge in [0, 0.05) is 28.7 Å². The fourth-order valence-corrected chi connectivity index (χ4v) is 4.93. The zero-order chi connectivity index (χ0) is 24.9. The van der Waals surface area contributed by atoms with Gasteiger partial charge < -0.3 is 10.2 Å². The number of nitrogens with one attached hydrogen (secondary N) is 1. The van der Waals surface area contributed by atoms with E-state index in [1.807, 2.05) is 73.3 Å². The Morgan fingerprint density at radius 3 is 2.11 bits per heavy atom. The number of carbonyl (C=O) groups excluding carboxylic acids is 2. The summed E-state index contributed by atoms with van der Waals surface area (Å²) >= 11 is 12.2. The molecule has 1 aliphatic rings. The highest BCUT2D eigenvalue weighted by atomic mass is 35.5. The number of benzene rings is 3. The van der Waals surface area contributed by atoms with Crippen LogP contribution in [0.2, 0.25) is 10.0 Å². The summed E-state index contributed by atoms with van der Waals surface area (Å²) in [6.45, 7) is 5.28. The summed E-state index contributed by atoms with van der Waals surface area (Å²) in [6.07, 6.45) is 1.79. The summed E-state index contributed by atoms with van der Waals surface area (Å²) in [5, 5.41) is 4.37. The Bertz CT molecular complexity index is 1190. The molecule has 1 heterocycles. The van der Waals surface area contributed by atoms with E-state index in [1.54, 1.807) is 6.07 Å². The van der Waals surface area contributed by atoms with Gasteiger partial charge in [-0.25, -0.2) is 0 Å². The Labute approximate surface area is 217 Å². The van der Waals surface area contributed by atoms with Gasteiger partial charge in [-0.1, -0.05) is 73.4 Å². The lowest BCUT2D eigenvalue weighted by Gasteiger charge is -2.35. The summed E-state index contributed by atoms with van der Waals surface area (Å²) in [4.78, 5) is 28.4. The number of hydrogen-bond donors (Lipinski definition) is 1. The zero-order valence-corrected chi connectivity index (χ0v) is 21.5. The smallest absolute Gasteiger partial charge is 0.251 e. The van der Waals surface area contributed by atoms with Crippen molar-refractivity contribution in [1.82, 2.24) is 10.2 Å². The Kier molecular flexibility index (Phi) is 8.15. The highest BCUT2D eigenvalue weighted by Gasteiger charge is 2.31. The van der Waals surface area contributed by atoms with Crippen LogP contribution in [0.4, 0.5) is 0 Å². The van der Waals surface area contributed by atoms with Gasteiger partial charge in [-0.05, 0) is 77.8 Å². The second-order valence-corrected chi connectivity index (χ2v) is 10.3. The molecule has 1 aliphatic heterocycles. The summed E-state index contributed by atoms with van der Waals surface area (Å²) < 4.78 is 0. The van der Waals surface area contributed by atoms with Gasteiger partial charge in [0.1, 0.15) is 6.04 Å². The van der Waals surface area contributed by atoms with Crippen molar-refractivity contribution in [3.8, 4) is 11.1 Å². The van der Waals surface area contributed by atoms with Crippen LogP contribution in [0.25, 0.3) is 11.1 Å². The number of amides is 2. The molecule has 35 heavy (non-hydrogen) atoms. The van der Waals surface area contributed by atoms with E-state index in [4.69, 9.17) is 23.2 Å². The van der Waals surface area contributed by atoms with E-state index >= 15 is 0 Å². The molecule has 4 nitrogen and oxygen atoms in total. The summed E-state index contributed by atoms with van der Waals surface area (Å²) in [7, 11) is 0. The van der Waals surface area contributed by atoms with Crippen LogP contribution >= 0.6 is 23.2 Å². The van der Waals surface area contributed by atoms with E-state index in [9.17, 15) is 9.59 Å². The van der Waals surface area contributed by atoms with E-state index in [2.05, 4.69) is 17.4 Å². The van der Waals surface area contributed by atoms with Crippen LogP contribution in [-0.2, 0) is 4.79 Å². The Hall–Kier alpha value is -2.82. The van der Waals surface area contributed by atoms with Gasteiger partial charge in [0.25, 0.3) is 5.91 Å². The average Bonchev–Trinajstić information content (AvgIpc) is 2.87. The van der Waals surface area contributed by atoms with Gasteiger partial charge in [-0.2, -0.15) is 0 Å². The fraction of sp³-hybridized carbons (Fsp3) is 0.310. The molecule has 4 rings (SSSR count). The molecule has 3 aromatic carbocycles. The van der Waals surface area contributed by atoms with Gasteiger partial charge >= 0.3 is 0 Å². The molecular weight excluding hydrogens is 479 g/mol. The molecular formula is C29H30Cl2N2O2. The molecule has 0 radical (unpaired) electrons. The first-order valence-electron chi connectivity index (χ1n) is 12.0. The zero-order valence-electron chi connectivity index (χ0n) is 20.0. The minimum atomic E-state index is -0.579. The normalized spacial score (nSPS) is 15.2. The van der Waals surface area contributed by atoms with Crippen LogP contribution in [0.5, 0.6) is 0 Å². The molecule has 1 atom stereocenters. The predicted octanol–water partition coefficient (Wildman–Crippen LogP) is 6.82. The van der Waals surface area contributed by atoms with Crippen molar-refractivity contribution in [1.29, 1.82) is 0 Å². The summed E-state index contributed by atoms with van der Waals surface area (Å²) in [5.74, 6) is 0.111. The van der Waals surface area contributed by atoms with Crippen LogP contribution in [-0.4, -0.2) is 35.8 Å². The number of likely N-dealkylation sites (tertiary alicyclic amines) is 1. The SMILES string of the molecule is CC(C)[C@@H](NC(=O)c1cccc(-c2cccc(Cl)c2)c1)C(=O)N1CCC(c2ccc(Cl)cc2)CC1. The van der Waals surface area contributed by atoms with E-state index < -0.39 is 6.04 Å². The maximum absolute atomic E-state index is 13.4. The summed E-state index contributed by atoms with van der Waals surface area (Å²) in [6, 6.07) is 22.3. The van der Waals surface area contributed by atoms with Crippen molar-refractivity contribution >= 4 is 35.0 Å². The number of nitrogens with zero attached hydrogens (tertiary/aromatic N) is 1. The number of carbonyl (C=O) groups is 2. The number of rotatable bonds is 6. The van der Waals surface area contributed by atoms with Gasteiger partial charge in [0.15, 0.2) is 0 Å². The monoisotopic (exact) mass is 508 g/mol. The highest BCUT2D eigenvalue weighted by molar-refractivity contribution is 6.31. The molecule has 0 unspecified atom stereocenters. The van der Waals surface area contributed by atoms with E-state index in [0.29, 0.717) is 29.6 Å². The molecule has 182 valence electrons. The third-order valence-corrected chi connectivity index (χ3v) is 7.14. The van der Waals surface area contributed by atoms with Crippen molar-refractivity contribution < 1.29 is 9.59 Å². The van der Waals surface area contributed by atoms with Gasteiger partial charge in [-0.3, -0.25) is 9.59 Å². The topological polar surface area (TPSA) is 49.4 Å². The van der Waals surface area contributed by atoms with E-state index in [-0.39, 0.29) is 17.7 Å². The van der Waals surface area contributed by atoms with Crippen molar-refractivity contribution in [2.24, 2.45) is 5.92 Å². The summed E-state index contributed by atoms with van der Waals surface area (Å²) in [5.41, 5.74) is 3.61. The molecule has 2 amide bonds. The maximum Gasteiger partial charge on any atom is 0.251 e. The quantitative estimate of drug-likeness (QED) is 0.396. The first-order valence-corrected chi connectivity index (χ1v) is 12.8. The van der Waals surface area contributed by atoms with E-state index in [0.717, 1.165) is 29.0 Å². The highest BCUT2D eigenvalue weighted by Crippen LogP contribution is 2.29. The van der Waals surface area contributed by atoms with Gasteiger partial charge in [-0.15, -0.1) is 0 Å². The Balaban J connectivity index is 1.42. The molecule has 0 aliphatic carbocycles. The molecule has 1 saturated heterocycles. The van der Waals surface area contributed by atoms with Crippen molar-refractivity contribution in [3.05, 3.63) is 94.0 Å². The average molecular weight is 509 g/mol. The third kappa shape index (κ3) is 6.25. The molecule has 0 saturated carbocycles. The second-order valence-electron chi connectivity index (χ2n) is 9.44. The standard InChI is InChI=1S/C29H30Cl2N2O2/c1-19(2)27(29(35)33-15-13-21(14-16-33)20-9-11-25(30)12-10-20)32-28(34)24-7-3-5-22(17-24)23-6-4-8-26(31)18-23/h3-12,17-19,21,27H,13-16H2,1-2H3,(H,32,34)/t27-/m1/s1. The van der Waals surface area contributed by atoms with Crippen LogP contribution in [0.1, 0.15) is 48.5 Å². The first kappa shape index (κ1) is 25.3. The Morgan fingerprint density at radius 1 is 0.857 bits per heavy atom. The Morgan fingerprint density at radius 2 is 1.49 bits per heavy atom. The van der Waals surface area contributed by atoms with Crippen LogP contribution in [0.15, 0.2) is 72.8 Å². The minimum absolute atomic E-state index is 0.0195. The first-order chi connectivity index (χ1) is 16.8. The van der Waals surface area contributed by atoms with Crippen molar-refractivity contribution in [3.63, 3.8) is 0 Å².